The largest absolute Gasteiger partial charge is 0.478 e. The van der Waals surface area contributed by atoms with Crippen LogP contribution in [0.5, 0.6) is 0 Å². The van der Waals surface area contributed by atoms with Gasteiger partial charge in [0.1, 0.15) is 17.0 Å². The molecule has 0 unspecified atom stereocenters. The van der Waals surface area contributed by atoms with Gasteiger partial charge in [-0.2, -0.15) is 18.4 Å². The summed E-state index contributed by atoms with van der Waals surface area (Å²) in [5.41, 5.74) is -2.67. The number of benzene rings is 1. The molecule has 6 nitrogen and oxygen atoms in total. The normalized spacial score (nSPS) is 19.9. The van der Waals surface area contributed by atoms with E-state index < -0.39 is 40.8 Å². The maximum atomic E-state index is 14.3. The molecule has 1 saturated carbocycles. The summed E-state index contributed by atoms with van der Waals surface area (Å²) in [7, 11) is 0. The van der Waals surface area contributed by atoms with Gasteiger partial charge in [0.05, 0.1) is 28.5 Å². The quantitative estimate of drug-likeness (QED) is 0.734. The molecular weight excluding hydrogens is 425 g/mol. The summed E-state index contributed by atoms with van der Waals surface area (Å²) in [4.78, 5) is 25.7. The molecule has 9 heteroatoms. The Labute approximate surface area is 180 Å². The molecule has 1 aromatic carbocycles. The molecule has 166 valence electrons. The van der Waals surface area contributed by atoms with E-state index in [1.165, 1.54) is 38.1 Å². The molecule has 1 atom stereocenters. The summed E-state index contributed by atoms with van der Waals surface area (Å²) in [5.74, 6) is -2.75. The van der Waals surface area contributed by atoms with Gasteiger partial charge in [-0.1, -0.05) is 12.1 Å². The van der Waals surface area contributed by atoms with E-state index in [-0.39, 0.29) is 33.6 Å². The van der Waals surface area contributed by atoms with E-state index in [9.17, 15) is 33.1 Å². The number of allylic oxidation sites excluding steroid dienone is 3. The highest BCUT2D eigenvalue weighted by Gasteiger charge is 2.51. The van der Waals surface area contributed by atoms with Gasteiger partial charge in [0.15, 0.2) is 5.43 Å². The highest BCUT2D eigenvalue weighted by Crippen LogP contribution is 2.50. The van der Waals surface area contributed by atoms with Crippen LogP contribution in [0.25, 0.3) is 11.0 Å². The van der Waals surface area contributed by atoms with Gasteiger partial charge in [-0.05, 0) is 39.2 Å². The SMILES string of the molecule is CC1=C(C(=O)O)[C@H](c2cccc3c(=O)cc(C)oc23)C(C#N)=C(C(F)(F)F)N1C1CCC1. The van der Waals surface area contributed by atoms with E-state index in [4.69, 9.17) is 4.42 Å². The summed E-state index contributed by atoms with van der Waals surface area (Å²) < 4.78 is 48.5. The van der Waals surface area contributed by atoms with Crippen LogP contribution in [0.3, 0.4) is 0 Å². The van der Waals surface area contributed by atoms with Crippen LogP contribution in [0.2, 0.25) is 0 Å². The van der Waals surface area contributed by atoms with E-state index in [0.29, 0.717) is 12.8 Å². The number of carboxylic acid groups (broad SMARTS) is 1. The standard InChI is InChI=1S/C23H19F3N2O4/c1-11-9-17(29)14-7-4-8-15(20(14)32-11)19-16(10-27)21(23(24,25)26)28(13-5-3-6-13)12(2)18(19)22(30)31/h4,7-9,13,19H,3,5-6H2,1-2H3,(H,30,31)/t19-/m1/s1. The Balaban J connectivity index is 2.11. The van der Waals surface area contributed by atoms with Gasteiger partial charge in [0.2, 0.25) is 0 Å². The fraction of sp³-hybridized carbons (Fsp3) is 0.348. The Morgan fingerprint density at radius 2 is 1.97 bits per heavy atom. The molecule has 2 aromatic rings. The Morgan fingerprint density at radius 3 is 2.50 bits per heavy atom. The number of hydrogen-bond acceptors (Lipinski definition) is 5. The van der Waals surface area contributed by atoms with E-state index in [1.807, 2.05) is 0 Å². The Kier molecular flexibility index (Phi) is 5.12. The minimum Gasteiger partial charge on any atom is -0.478 e. The number of nitrogens with zero attached hydrogens (tertiary/aromatic N) is 2. The summed E-state index contributed by atoms with van der Waals surface area (Å²) in [6.45, 7) is 2.85. The molecule has 4 rings (SSSR count). The molecule has 1 N–H and O–H groups in total. The van der Waals surface area contributed by atoms with Gasteiger partial charge in [0.25, 0.3) is 0 Å². The number of alkyl halides is 3. The topological polar surface area (TPSA) is 94.5 Å². The summed E-state index contributed by atoms with van der Waals surface area (Å²) >= 11 is 0. The van der Waals surface area contributed by atoms with Crippen molar-refractivity contribution in [2.45, 2.75) is 51.2 Å². The van der Waals surface area contributed by atoms with Crippen LogP contribution in [0.15, 0.2) is 56.0 Å². The maximum absolute atomic E-state index is 14.3. The number of carboxylic acids is 1. The van der Waals surface area contributed by atoms with Crippen LogP contribution < -0.4 is 5.43 Å². The van der Waals surface area contributed by atoms with Gasteiger partial charge in [-0.3, -0.25) is 4.79 Å². The minimum absolute atomic E-state index is 0.0274. The van der Waals surface area contributed by atoms with E-state index >= 15 is 0 Å². The van der Waals surface area contributed by atoms with Gasteiger partial charge >= 0.3 is 12.1 Å². The molecular formula is C23H19F3N2O4. The third-order valence-corrected chi connectivity index (χ3v) is 6.10. The number of halogens is 3. The highest BCUT2D eigenvalue weighted by molar-refractivity contribution is 5.93. The lowest BCUT2D eigenvalue weighted by molar-refractivity contribution is -0.134. The zero-order valence-corrected chi connectivity index (χ0v) is 17.3. The highest BCUT2D eigenvalue weighted by atomic mass is 19.4. The molecule has 0 spiro atoms. The van der Waals surface area contributed by atoms with E-state index in [1.54, 1.807) is 6.07 Å². The van der Waals surface area contributed by atoms with E-state index in [2.05, 4.69) is 0 Å². The molecule has 0 amide bonds. The van der Waals surface area contributed by atoms with Crippen LogP contribution >= 0.6 is 0 Å². The molecule has 1 aliphatic carbocycles. The molecule has 1 aromatic heterocycles. The third-order valence-electron chi connectivity index (χ3n) is 6.10. The first-order valence-corrected chi connectivity index (χ1v) is 10.0. The van der Waals surface area contributed by atoms with Crippen molar-refractivity contribution in [2.24, 2.45) is 0 Å². The second-order valence-electron chi connectivity index (χ2n) is 8.01. The van der Waals surface area contributed by atoms with Crippen LogP contribution in [0.4, 0.5) is 13.2 Å². The zero-order valence-electron chi connectivity index (χ0n) is 17.3. The first-order valence-electron chi connectivity index (χ1n) is 10.0. The Bertz CT molecular complexity index is 1290. The fourth-order valence-electron chi connectivity index (χ4n) is 4.56. The smallest absolute Gasteiger partial charge is 0.432 e. The number of hydrogen-bond donors (Lipinski definition) is 1. The lowest BCUT2D eigenvalue weighted by Crippen LogP contribution is -2.46. The molecule has 2 heterocycles. The second-order valence-corrected chi connectivity index (χ2v) is 8.01. The number of nitriles is 1. The minimum atomic E-state index is -4.88. The third kappa shape index (κ3) is 3.27. The summed E-state index contributed by atoms with van der Waals surface area (Å²) in [6, 6.07) is 6.65. The predicted molar refractivity (Wildman–Crippen MR) is 108 cm³/mol. The summed E-state index contributed by atoms with van der Waals surface area (Å²) in [6.07, 6.45) is -3.22. The number of para-hydroxylation sites is 1. The second kappa shape index (κ2) is 7.55. The Hall–Kier alpha value is -3.54. The zero-order chi connectivity index (χ0) is 23.4. The van der Waals surface area contributed by atoms with Crippen molar-refractivity contribution in [2.75, 3.05) is 0 Å². The van der Waals surface area contributed by atoms with Crippen molar-refractivity contribution in [3.63, 3.8) is 0 Å². The number of aliphatic carboxylic acids is 1. The molecule has 2 aliphatic rings. The maximum Gasteiger partial charge on any atom is 0.432 e. The van der Waals surface area contributed by atoms with Crippen molar-refractivity contribution in [1.29, 1.82) is 5.26 Å². The Morgan fingerprint density at radius 1 is 1.28 bits per heavy atom. The van der Waals surface area contributed by atoms with Crippen molar-refractivity contribution in [1.82, 2.24) is 4.90 Å². The lowest BCUT2D eigenvalue weighted by Gasteiger charge is -2.45. The van der Waals surface area contributed by atoms with Crippen LogP contribution in [0, 0.1) is 18.3 Å². The lowest BCUT2D eigenvalue weighted by atomic mass is 9.77. The predicted octanol–water partition coefficient (Wildman–Crippen LogP) is 4.75. The molecule has 1 fully saturated rings. The van der Waals surface area contributed by atoms with Crippen LogP contribution in [-0.2, 0) is 4.79 Å². The monoisotopic (exact) mass is 444 g/mol. The average molecular weight is 444 g/mol. The molecule has 0 saturated heterocycles. The van der Waals surface area contributed by atoms with Crippen molar-refractivity contribution in [3.05, 3.63) is 68.4 Å². The number of rotatable bonds is 3. The van der Waals surface area contributed by atoms with E-state index in [0.717, 1.165) is 11.3 Å². The molecule has 0 radical (unpaired) electrons. The van der Waals surface area contributed by atoms with Crippen molar-refractivity contribution < 1.29 is 27.5 Å². The van der Waals surface area contributed by atoms with Crippen molar-refractivity contribution in [3.8, 4) is 6.07 Å². The molecule has 0 bridgehead atoms. The number of carbonyl (C=O) groups is 1. The molecule has 1 aliphatic heterocycles. The van der Waals surface area contributed by atoms with Gasteiger partial charge in [-0.25, -0.2) is 4.79 Å². The van der Waals surface area contributed by atoms with Gasteiger partial charge < -0.3 is 14.4 Å². The van der Waals surface area contributed by atoms with Crippen molar-refractivity contribution >= 4 is 16.9 Å². The van der Waals surface area contributed by atoms with Crippen LogP contribution in [-0.4, -0.2) is 28.2 Å². The number of fused-ring (bicyclic) bond motifs is 1. The van der Waals surface area contributed by atoms with Gasteiger partial charge in [0, 0.05) is 23.4 Å². The summed E-state index contributed by atoms with van der Waals surface area (Å²) in [5, 5.41) is 20.0. The average Bonchev–Trinajstić information content (AvgIpc) is 2.65. The first kappa shape index (κ1) is 21.7. The van der Waals surface area contributed by atoms with Gasteiger partial charge in [-0.15, -0.1) is 0 Å². The number of aryl methyl sites for hydroxylation is 1. The first-order chi connectivity index (χ1) is 15.1. The van der Waals surface area contributed by atoms with Crippen LogP contribution in [0.1, 0.15) is 43.4 Å². The molecule has 32 heavy (non-hydrogen) atoms. The fourth-order valence-corrected chi connectivity index (χ4v) is 4.56.